The minimum atomic E-state index is -3.72. The molecule has 9 heteroatoms. The molecule has 2 aliphatic heterocycles. The molecular weight excluding hydrogens is 442 g/mol. The molecule has 0 N–H and O–H groups in total. The maximum absolute atomic E-state index is 13.7. The topological polar surface area (TPSA) is 87.2 Å². The number of methoxy groups -OCH3 is 1. The van der Waals surface area contributed by atoms with Gasteiger partial charge >= 0.3 is 5.97 Å². The zero-order valence-corrected chi connectivity index (χ0v) is 20.9. The van der Waals surface area contributed by atoms with Crippen LogP contribution in [0, 0.1) is 5.92 Å². The number of ether oxygens (including phenoxy) is 1. The number of anilines is 1. The highest BCUT2D eigenvalue weighted by Gasteiger charge is 2.32. The highest BCUT2D eigenvalue weighted by molar-refractivity contribution is 7.89. The molecule has 33 heavy (non-hydrogen) atoms. The monoisotopic (exact) mass is 479 g/mol. The Morgan fingerprint density at radius 2 is 1.64 bits per heavy atom. The largest absolute Gasteiger partial charge is 0.469 e. The summed E-state index contributed by atoms with van der Waals surface area (Å²) in [7, 11) is -2.40. The summed E-state index contributed by atoms with van der Waals surface area (Å²) in [6.07, 6.45) is 5.94. The summed E-state index contributed by atoms with van der Waals surface area (Å²) in [4.78, 5) is 29.1. The van der Waals surface area contributed by atoms with Crippen LogP contribution in [-0.4, -0.2) is 75.9 Å². The van der Waals surface area contributed by atoms with Gasteiger partial charge in [-0.15, -0.1) is 0 Å². The molecule has 1 aromatic carbocycles. The van der Waals surface area contributed by atoms with Gasteiger partial charge in [-0.3, -0.25) is 9.59 Å². The van der Waals surface area contributed by atoms with Crippen LogP contribution in [0.2, 0.25) is 0 Å². The average molecular weight is 480 g/mol. The number of rotatable bonds is 8. The van der Waals surface area contributed by atoms with Gasteiger partial charge in [-0.2, -0.15) is 4.31 Å². The molecule has 1 atom stereocenters. The number of carbonyl (C=O) groups is 2. The van der Waals surface area contributed by atoms with Crippen molar-refractivity contribution in [1.82, 2.24) is 9.21 Å². The van der Waals surface area contributed by atoms with Crippen molar-refractivity contribution < 1.29 is 22.7 Å². The first-order valence-corrected chi connectivity index (χ1v) is 13.5. The van der Waals surface area contributed by atoms with E-state index in [9.17, 15) is 18.0 Å². The number of carbonyl (C=O) groups excluding carboxylic acids is 2. The van der Waals surface area contributed by atoms with Crippen LogP contribution in [0.4, 0.5) is 5.69 Å². The van der Waals surface area contributed by atoms with Crippen molar-refractivity contribution in [3.05, 3.63) is 23.8 Å². The predicted octanol–water partition coefficient (Wildman–Crippen LogP) is 3.12. The molecule has 2 saturated heterocycles. The van der Waals surface area contributed by atoms with E-state index >= 15 is 0 Å². The summed E-state index contributed by atoms with van der Waals surface area (Å²) in [6, 6.07) is 5.04. The lowest BCUT2D eigenvalue weighted by Crippen LogP contribution is -2.39. The minimum absolute atomic E-state index is 0.212. The van der Waals surface area contributed by atoms with Crippen molar-refractivity contribution in [3.63, 3.8) is 0 Å². The number of nitrogens with zero attached hydrogens (tertiary/aromatic N) is 3. The maximum atomic E-state index is 13.7. The third kappa shape index (κ3) is 5.87. The SMILES string of the molecule is CCN(CC(C)C(=O)OC)C(=O)c1ccc(N2CCCCC2)c(S(=O)(=O)N2CCCCC2)c1. The Morgan fingerprint density at radius 3 is 2.21 bits per heavy atom. The number of hydrogen-bond acceptors (Lipinski definition) is 6. The molecule has 0 saturated carbocycles. The Morgan fingerprint density at radius 1 is 1.03 bits per heavy atom. The second-order valence-corrected chi connectivity index (χ2v) is 10.9. The number of benzene rings is 1. The standard InChI is InChI=1S/C24H37N3O5S/c1-4-25(18-19(2)24(29)32-3)23(28)20-11-12-21(26-13-7-5-8-14-26)22(17-20)33(30,31)27-15-9-6-10-16-27/h11-12,17,19H,4-10,13-16,18H2,1-3H3. The normalized spacial score (nSPS) is 18.6. The highest BCUT2D eigenvalue weighted by Crippen LogP contribution is 2.32. The van der Waals surface area contributed by atoms with Crippen molar-refractivity contribution >= 4 is 27.6 Å². The second-order valence-electron chi connectivity index (χ2n) is 8.96. The first-order chi connectivity index (χ1) is 15.8. The molecule has 2 heterocycles. The Labute approximate surface area is 197 Å². The molecule has 0 aromatic heterocycles. The molecule has 184 valence electrons. The van der Waals surface area contributed by atoms with Crippen LogP contribution in [0.15, 0.2) is 23.1 Å². The number of amides is 1. The number of sulfonamides is 1. The summed E-state index contributed by atoms with van der Waals surface area (Å²) in [5.74, 6) is -1.13. The van der Waals surface area contributed by atoms with E-state index in [2.05, 4.69) is 4.90 Å². The maximum Gasteiger partial charge on any atom is 0.310 e. The lowest BCUT2D eigenvalue weighted by molar-refractivity contribution is -0.145. The van der Waals surface area contributed by atoms with Crippen LogP contribution in [0.25, 0.3) is 0 Å². The van der Waals surface area contributed by atoms with E-state index in [0.29, 0.717) is 30.9 Å². The quantitative estimate of drug-likeness (QED) is 0.533. The molecule has 3 rings (SSSR count). The van der Waals surface area contributed by atoms with Gasteiger partial charge in [-0.05, 0) is 57.2 Å². The van der Waals surface area contributed by atoms with E-state index in [-0.39, 0.29) is 23.3 Å². The van der Waals surface area contributed by atoms with E-state index in [1.54, 1.807) is 34.3 Å². The molecule has 2 aliphatic rings. The van der Waals surface area contributed by atoms with Crippen LogP contribution in [0.5, 0.6) is 0 Å². The Balaban J connectivity index is 1.97. The molecule has 1 aromatic rings. The Kier molecular flexibility index (Phi) is 8.75. The van der Waals surface area contributed by atoms with E-state index in [1.165, 1.54) is 7.11 Å². The Bertz CT molecular complexity index is 937. The van der Waals surface area contributed by atoms with Gasteiger partial charge in [0.25, 0.3) is 5.91 Å². The van der Waals surface area contributed by atoms with E-state index in [1.807, 2.05) is 6.92 Å². The van der Waals surface area contributed by atoms with Crippen LogP contribution in [0.3, 0.4) is 0 Å². The zero-order chi connectivity index (χ0) is 24.0. The van der Waals surface area contributed by atoms with E-state index in [4.69, 9.17) is 4.74 Å². The fraction of sp³-hybridized carbons (Fsp3) is 0.667. The van der Waals surface area contributed by atoms with E-state index in [0.717, 1.165) is 51.6 Å². The molecular formula is C24H37N3O5S. The highest BCUT2D eigenvalue weighted by atomic mass is 32.2. The molecule has 0 bridgehead atoms. The van der Waals surface area contributed by atoms with Crippen LogP contribution < -0.4 is 4.90 Å². The molecule has 0 radical (unpaired) electrons. The van der Waals surface area contributed by atoms with Crippen molar-refractivity contribution in [1.29, 1.82) is 0 Å². The van der Waals surface area contributed by atoms with Crippen LogP contribution >= 0.6 is 0 Å². The molecule has 2 fully saturated rings. The lowest BCUT2D eigenvalue weighted by Gasteiger charge is -2.33. The fourth-order valence-corrected chi connectivity index (χ4v) is 6.39. The summed E-state index contributed by atoms with van der Waals surface area (Å²) in [5.41, 5.74) is 1.01. The van der Waals surface area contributed by atoms with E-state index < -0.39 is 15.9 Å². The average Bonchev–Trinajstić information content (AvgIpc) is 2.86. The van der Waals surface area contributed by atoms with Gasteiger partial charge in [-0.25, -0.2) is 8.42 Å². The van der Waals surface area contributed by atoms with Crippen LogP contribution in [-0.2, 0) is 19.6 Å². The zero-order valence-electron chi connectivity index (χ0n) is 20.1. The third-order valence-corrected chi connectivity index (χ3v) is 8.53. The first-order valence-electron chi connectivity index (χ1n) is 12.1. The predicted molar refractivity (Wildman–Crippen MR) is 128 cm³/mol. The van der Waals surface area contributed by atoms with Gasteiger partial charge in [0.2, 0.25) is 10.0 Å². The van der Waals surface area contributed by atoms with Gasteiger partial charge in [-0.1, -0.05) is 13.3 Å². The van der Waals surface area contributed by atoms with Gasteiger partial charge in [0.1, 0.15) is 4.90 Å². The first kappa shape index (κ1) is 25.5. The smallest absolute Gasteiger partial charge is 0.310 e. The lowest BCUT2D eigenvalue weighted by atomic mass is 10.1. The van der Waals surface area contributed by atoms with Gasteiger partial charge < -0.3 is 14.5 Å². The summed E-state index contributed by atoms with van der Waals surface area (Å²) in [6.45, 7) is 6.83. The summed E-state index contributed by atoms with van der Waals surface area (Å²) in [5, 5.41) is 0. The van der Waals surface area contributed by atoms with Crippen molar-refractivity contribution in [2.24, 2.45) is 5.92 Å². The van der Waals surface area contributed by atoms with Crippen LogP contribution in [0.1, 0.15) is 62.7 Å². The molecule has 0 spiro atoms. The number of piperidine rings is 2. The molecule has 0 aliphatic carbocycles. The summed E-state index contributed by atoms with van der Waals surface area (Å²) < 4.78 is 33.7. The molecule has 1 amide bonds. The van der Waals surface area contributed by atoms with Crippen molar-refractivity contribution in [3.8, 4) is 0 Å². The second kappa shape index (κ2) is 11.3. The molecule has 8 nitrogen and oxygen atoms in total. The van der Waals surface area contributed by atoms with Crippen molar-refractivity contribution in [2.45, 2.75) is 57.3 Å². The third-order valence-electron chi connectivity index (χ3n) is 6.60. The number of esters is 1. The van der Waals surface area contributed by atoms with Gasteiger partial charge in [0.15, 0.2) is 0 Å². The molecule has 1 unspecified atom stereocenters. The number of hydrogen-bond donors (Lipinski definition) is 0. The fourth-order valence-electron chi connectivity index (χ4n) is 4.64. The van der Waals surface area contributed by atoms with Gasteiger partial charge in [0, 0.05) is 44.8 Å². The Hall–Kier alpha value is -2.13. The van der Waals surface area contributed by atoms with Gasteiger partial charge in [0.05, 0.1) is 18.7 Å². The van der Waals surface area contributed by atoms with Crippen molar-refractivity contribution in [2.75, 3.05) is 51.3 Å². The minimum Gasteiger partial charge on any atom is -0.469 e. The summed E-state index contributed by atoms with van der Waals surface area (Å²) >= 11 is 0.